The van der Waals surface area contributed by atoms with E-state index in [0.717, 1.165) is 17.5 Å². The topological polar surface area (TPSA) is 34.1 Å². The number of nitrogens with one attached hydrogen (secondary N) is 1. The van der Waals surface area contributed by atoms with E-state index in [0.29, 0.717) is 12.1 Å². The zero-order chi connectivity index (χ0) is 10.7. The van der Waals surface area contributed by atoms with Crippen LogP contribution in [0.4, 0.5) is 0 Å². The Kier molecular flexibility index (Phi) is 3.72. The molecule has 3 nitrogen and oxygen atoms in total. The first-order valence-corrected chi connectivity index (χ1v) is 6.33. The standard InChI is InChI=1S/C11H18N2OS/c1-8(11-12-5-6-15-11)13-10(7-14-2)9-3-4-9/h5-6,8-10,13H,3-4,7H2,1-2H3. The number of nitrogens with zero attached hydrogens (tertiary/aromatic N) is 1. The normalized spacial score (nSPS) is 20.1. The van der Waals surface area contributed by atoms with Gasteiger partial charge in [-0.15, -0.1) is 11.3 Å². The van der Waals surface area contributed by atoms with E-state index in [1.54, 1.807) is 18.4 Å². The molecule has 1 aliphatic carbocycles. The second kappa shape index (κ2) is 5.05. The van der Waals surface area contributed by atoms with Crippen molar-refractivity contribution >= 4 is 11.3 Å². The first-order chi connectivity index (χ1) is 7.31. The van der Waals surface area contributed by atoms with Crippen molar-refractivity contribution in [2.45, 2.75) is 31.8 Å². The van der Waals surface area contributed by atoms with Crippen LogP contribution in [0.5, 0.6) is 0 Å². The summed E-state index contributed by atoms with van der Waals surface area (Å²) in [5.41, 5.74) is 0. The summed E-state index contributed by atoms with van der Waals surface area (Å²) in [5, 5.41) is 6.79. The zero-order valence-corrected chi connectivity index (χ0v) is 10.1. The maximum atomic E-state index is 5.24. The first kappa shape index (κ1) is 11.0. The molecule has 1 aromatic rings. The lowest BCUT2D eigenvalue weighted by atomic mass is 10.1. The van der Waals surface area contributed by atoms with E-state index in [9.17, 15) is 0 Å². The van der Waals surface area contributed by atoms with Gasteiger partial charge in [-0.1, -0.05) is 0 Å². The van der Waals surface area contributed by atoms with Crippen LogP contribution in [0.1, 0.15) is 30.8 Å². The van der Waals surface area contributed by atoms with Crippen LogP contribution in [0.3, 0.4) is 0 Å². The average molecular weight is 226 g/mol. The maximum Gasteiger partial charge on any atom is 0.109 e. The molecule has 1 fully saturated rings. The van der Waals surface area contributed by atoms with Crippen LogP contribution >= 0.6 is 11.3 Å². The quantitative estimate of drug-likeness (QED) is 0.807. The highest BCUT2D eigenvalue weighted by molar-refractivity contribution is 7.09. The van der Waals surface area contributed by atoms with Gasteiger partial charge in [0.25, 0.3) is 0 Å². The van der Waals surface area contributed by atoms with Crippen LogP contribution in [0.15, 0.2) is 11.6 Å². The van der Waals surface area contributed by atoms with Gasteiger partial charge >= 0.3 is 0 Å². The van der Waals surface area contributed by atoms with Crippen LogP contribution in [0, 0.1) is 5.92 Å². The predicted molar refractivity (Wildman–Crippen MR) is 62.1 cm³/mol. The van der Waals surface area contributed by atoms with Crippen LogP contribution < -0.4 is 5.32 Å². The Morgan fingerprint density at radius 1 is 1.67 bits per heavy atom. The van der Waals surface area contributed by atoms with E-state index in [-0.39, 0.29) is 0 Å². The van der Waals surface area contributed by atoms with Gasteiger partial charge in [0.15, 0.2) is 0 Å². The summed E-state index contributed by atoms with van der Waals surface area (Å²) >= 11 is 1.71. The minimum atomic E-state index is 0.339. The van der Waals surface area contributed by atoms with Crippen LogP contribution in [0.2, 0.25) is 0 Å². The van der Waals surface area contributed by atoms with Crippen molar-refractivity contribution in [2.75, 3.05) is 13.7 Å². The predicted octanol–water partition coefficient (Wildman–Crippen LogP) is 2.22. The monoisotopic (exact) mass is 226 g/mol. The van der Waals surface area contributed by atoms with Gasteiger partial charge in [-0.3, -0.25) is 0 Å². The summed E-state index contributed by atoms with van der Waals surface area (Å²) in [6.45, 7) is 2.98. The number of hydrogen-bond acceptors (Lipinski definition) is 4. The fourth-order valence-corrected chi connectivity index (χ4v) is 2.49. The molecule has 0 bridgehead atoms. The molecule has 0 saturated heterocycles. The fraction of sp³-hybridized carbons (Fsp3) is 0.727. The lowest BCUT2D eigenvalue weighted by molar-refractivity contribution is 0.152. The maximum absolute atomic E-state index is 5.24. The Morgan fingerprint density at radius 2 is 2.47 bits per heavy atom. The number of aromatic nitrogens is 1. The van der Waals surface area contributed by atoms with Crippen LogP contribution in [-0.2, 0) is 4.74 Å². The molecule has 1 aliphatic rings. The number of rotatable bonds is 6. The molecule has 0 spiro atoms. The van der Waals surface area contributed by atoms with Gasteiger partial charge in [-0.25, -0.2) is 4.98 Å². The second-order valence-corrected chi connectivity index (χ2v) is 5.08. The van der Waals surface area contributed by atoms with Gasteiger partial charge in [0.1, 0.15) is 5.01 Å². The Labute approximate surface area is 94.9 Å². The summed E-state index contributed by atoms with van der Waals surface area (Å²) in [4.78, 5) is 4.32. The molecule has 0 aliphatic heterocycles. The number of ether oxygens (including phenoxy) is 1. The molecule has 1 aromatic heterocycles. The van der Waals surface area contributed by atoms with Gasteiger partial charge < -0.3 is 10.1 Å². The third kappa shape index (κ3) is 3.00. The lowest BCUT2D eigenvalue weighted by Gasteiger charge is -2.21. The highest BCUT2D eigenvalue weighted by Gasteiger charge is 2.32. The molecular weight excluding hydrogens is 208 g/mol. The number of methoxy groups -OCH3 is 1. The molecule has 84 valence electrons. The van der Waals surface area contributed by atoms with Gasteiger partial charge in [0.05, 0.1) is 12.6 Å². The largest absolute Gasteiger partial charge is 0.383 e. The third-order valence-corrected chi connectivity index (χ3v) is 3.78. The third-order valence-electron chi connectivity index (χ3n) is 2.82. The van der Waals surface area contributed by atoms with E-state index in [2.05, 4.69) is 17.2 Å². The molecule has 0 radical (unpaired) electrons. The lowest BCUT2D eigenvalue weighted by Crippen LogP contribution is -2.36. The molecule has 0 amide bonds. The summed E-state index contributed by atoms with van der Waals surface area (Å²) in [7, 11) is 1.77. The van der Waals surface area contributed by atoms with Gasteiger partial charge in [0.2, 0.25) is 0 Å². The zero-order valence-electron chi connectivity index (χ0n) is 9.27. The fourth-order valence-electron chi connectivity index (χ4n) is 1.84. The smallest absolute Gasteiger partial charge is 0.109 e. The molecule has 0 aromatic carbocycles. The van der Waals surface area contributed by atoms with E-state index in [4.69, 9.17) is 4.74 Å². The highest BCUT2D eigenvalue weighted by Crippen LogP contribution is 2.34. The minimum absolute atomic E-state index is 0.339. The van der Waals surface area contributed by atoms with E-state index in [1.165, 1.54) is 12.8 Å². The van der Waals surface area contributed by atoms with Crippen LogP contribution in [0.25, 0.3) is 0 Å². The molecule has 1 N–H and O–H groups in total. The second-order valence-electron chi connectivity index (χ2n) is 4.16. The Hall–Kier alpha value is -0.450. The summed E-state index contributed by atoms with van der Waals surface area (Å²) < 4.78 is 5.24. The number of hydrogen-bond donors (Lipinski definition) is 1. The van der Waals surface area contributed by atoms with E-state index in [1.807, 2.05) is 11.6 Å². The summed E-state index contributed by atoms with van der Waals surface area (Å²) in [5.74, 6) is 0.812. The van der Waals surface area contributed by atoms with Crippen molar-refractivity contribution in [1.29, 1.82) is 0 Å². The summed E-state index contributed by atoms with van der Waals surface area (Å²) in [6, 6.07) is 0.833. The Morgan fingerprint density at radius 3 is 3.00 bits per heavy atom. The molecule has 1 saturated carbocycles. The Bertz CT molecular complexity index is 285. The minimum Gasteiger partial charge on any atom is -0.383 e. The average Bonchev–Trinajstić information content (AvgIpc) is 2.92. The molecule has 2 rings (SSSR count). The van der Waals surface area contributed by atoms with E-state index < -0.39 is 0 Å². The van der Waals surface area contributed by atoms with Gasteiger partial charge in [0, 0.05) is 24.7 Å². The van der Waals surface area contributed by atoms with Gasteiger partial charge in [-0.2, -0.15) is 0 Å². The molecule has 2 atom stereocenters. The van der Waals surface area contributed by atoms with Crippen molar-refractivity contribution in [3.05, 3.63) is 16.6 Å². The van der Waals surface area contributed by atoms with Crippen molar-refractivity contribution in [3.8, 4) is 0 Å². The molecule has 15 heavy (non-hydrogen) atoms. The Balaban J connectivity index is 1.88. The van der Waals surface area contributed by atoms with Crippen molar-refractivity contribution < 1.29 is 4.74 Å². The van der Waals surface area contributed by atoms with Gasteiger partial charge in [-0.05, 0) is 25.7 Å². The summed E-state index contributed by atoms with van der Waals surface area (Å²) in [6.07, 6.45) is 4.54. The molecule has 4 heteroatoms. The highest BCUT2D eigenvalue weighted by atomic mass is 32.1. The SMILES string of the molecule is COCC(NC(C)c1nccs1)C1CC1. The molecule has 2 unspecified atom stereocenters. The van der Waals surface area contributed by atoms with Crippen molar-refractivity contribution in [3.63, 3.8) is 0 Å². The van der Waals surface area contributed by atoms with Crippen molar-refractivity contribution in [1.82, 2.24) is 10.3 Å². The molecule has 1 heterocycles. The van der Waals surface area contributed by atoms with E-state index >= 15 is 0 Å². The van der Waals surface area contributed by atoms with Crippen LogP contribution in [-0.4, -0.2) is 24.7 Å². The number of thiazole rings is 1. The first-order valence-electron chi connectivity index (χ1n) is 5.45. The molecular formula is C11H18N2OS. The van der Waals surface area contributed by atoms with Crippen molar-refractivity contribution in [2.24, 2.45) is 5.92 Å².